The van der Waals surface area contributed by atoms with Crippen molar-refractivity contribution in [2.45, 2.75) is 69.9 Å². The van der Waals surface area contributed by atoms with E-state index in [0.29, 0.717) is 48.1 Å². The van der Waals surface area contributed by atoms with Crippen molar-refractivity contribution in [3.05, 3.63) is 36.0 Å². The third-order valence-electron chi connectivity index (χ3n) is 7.77. The smallest absolute Gasteiger partial charge is 0.374 e. The summed E-state index contributed by atoms with van der Waals surface area (Å²) in [6, 6.07) is 8.89. The van der Waals surface area contributed by atoms with Crippen molar-refractivity contribution < 1.29 is 31.9 Å². The molecule has 4 N–H and O–H groups in total. The van der Waals surface area contributed by atoms with Crippen LogP contribution in [0.1, 0.15) is 57.7 Å². The first-order chi connectivity index (χ1) is 18.9. The maximum atomic E-state index is 13.0. The van der Waals surface area contributed by atoms with Crippen molar-refractivity contribution in [3.63, 3.8) is 0 Å². The Kier molecular flexibility index (Phi) is 9.29. The van der Waals surface area contributed by atoms with Crippen molar-refractivity contribution in [1.29, 1.82) is 5.26 Å². The third-order valence-corrected chi connectivity index (χ3v) is 9.90. The van der Waals surface area contributed by atoms with E-state index >= 15 is 0 Å². The summed E-state index contributed by atoms with van der Waals surface area (Å²) in [6.07, 6.45) is -1.35. The molecular formula is C26H36F3N6O4P. The predicted octanol–water partition coefficient (Wildman–Crippen LogP) is 4.51. The lowest BCUT2D eigenvalue weighted by Gasteiger charge is -2.49. The van der Waals surface area contributed by atoms with Gasteiger partial charge in [-0.05, 0) is 63.8 Å². The number of nitrogens with zero attached hydrogens (tertiary/aromatic N) is 4. The molecule has 1 unspecified atom stereocenters. The molecule has 2 heterocycles. The molecule has 14 heteroatoms. The summed E-state index contributed by atoms with van der Waals surface area (Å²) in [5, 5.41) is 28.1. The van der Waals surface area contributed by atoms with Crippen LogP contribution < -0.4 is 16.4 Å². The van der Waals surface area contributed by atoms with Gasteiger partial charge >= 0.3 is 13.8 Å². The van der Waals surface area contributed by atoms with E-state index in [2.05, 4.69) is 16.5 Å². The Hall–Kier alpha value is -2.46. The average molecular weight is 585 g/mol. The van der Waals surface area contributed by atoms with Gasteiger partial charge < -0.3 is 25.2 Å². The molecule has 0 spiro atoms. The van der Waals surface area contributed by atoms with Crippen LogP contribution in [0.5, 0.6) is 0 Å². The van der Waals surface area contributed by atoms with E-state index in [0.717, 1.165) is 0 Å². The normalized spacial score (nSPS) is 23.4. The van der Waals surface area contributed by atoms with Crippen LogP contribution in [0.2, 0.25) is 0 Å². The quantitative estimate of drug-likeness (QED) is 0.257. The van der Waals surface area contributed by atoms with Crippen molar-refractivity contribution in [2.24, 2.45) is 11.7 Å². The number of aromatic nitrogens is 2. The van der Waals surface area contributed by atoms with Crippen LogP contribution in [0.4, 0.5) is 24.7 Å². The van der Waals surface area contributed by atoms with Crippen molar-refractivity contribution in [1.82, 2.24) is 14.7 Å². The maximum Gasteiger partial charge on any atom is 0.394 e. The highest BCUT2D eigenvalue weighted by molar-refractivity contribution is 7.62. The first-order valence-corrected chi connectivity index (χ1v) is 15.0. The Balaban J connectivity index is 1.51. The number of nitriles is 1. The van der Waals surface area contributed by atoms with Crippen LogP contribution in [0.15, 0.2) is 30.5 Å². The Morgan fingerprint density at radius 2 is 1.82 bits per heavy atom. The second kappa shape index (κ2) is 12.2. The predicted molar refractivity (Wildman–Crippen MR) is 143 cm³/mol. The molecule has 2 fully saturated rings. The number of nitrogens with two attached hydrogens (primary N) is 1. The fourth-order valence-electron chi connectivity index (χ4n) is 5.49. The topological polar surface area (TPSA) is 139 Å². The van der Waals surface area contributed by atoms with Crippen molar-refractivity contribution in [2.75, 3.05) is 31.6 Å². The number of anilines is 2. The lowest BCUT2D eigenvalue weighted by atomic mass is 9.76. The molecular weight excluding hydrogens is 548 g/mol. The highest BCUT2D eigenvalue weighted by Gasteiger charge is 2.50. The third kappa shape index (κ3) is 6.38. The summed E-state index contributed by atoms with van der Waals surface area (Å²) in [5.41, 5.74) is 6.08. The molecule has 1 aromatic heterocycles. The minimum atomic E-state index is -4.17. The Morgan fingerprint density at radius 1 is 1.23 bits per heavy atom. The fraction of sp³-hybridized carbons (Fsp3) is 0.615. The van der Waals surface area contributed by atoms with Crippen molar-refractivity contribution >= 4 is 24.4 Å². The van der Waals surface area contributed by atoms with Gasteiger partial charge in [-0.25, -0.2) is 0 Å². The van der Waals surface area contributed by atoms with Crippen LogP contribution >= 0.6 is 7.60 Å². The molecule has 1 saturated carbocycles. The van der Waals surface area contributed by atoms with E-state index in [1.807, 2.05) is 4.90 Å². The molecule has 1 atom stereocenters. The highest BCUT2D eigenvalue weighted by atomic mass is 31.2. The number of rotatable bonds is 11. The molecule has 2 aromatic rings. The van der Waals surface area contributed by atoms with Gasteiger partial charge in [0.05, 0.1) is 48.0 Å². The van der Waals surface area contributed by atoms with Crippen LogP contribution in [0.25, 0.3) is 0 Å². The minimum Gasteiger partial charge on any atom is -0.374 e. The number of nitrogens with one attached hydrogen (secondary N) is 1. The summed E-state index contributed by atoms with van der Waals surface area (Å²) in [7, 11) is -3.45. The summed E-state index contributed by atoms with van der Waals surface area (Å²) in [5.74, 6) is -0.971. The van der Waals surface area contributed by atoms with E-state index in [1.165, 1.54) is 0 Å². The largest absolute Gasteiger partial charge is 0.394 e. The second-order valence-electron chi connectivity index (χ2n) is 10.3. The SMILES string of the molecule is CCOP(=O)(OCC)c1ccc(Nc2nn(C3(CC#N)CCC(N4CC(C(F)(F)F)C4)CC3)cc2C(N)O)cc1. The maximum absolute atomic E-state index is 13.0. The van der Waals surface area contributed by atoms with Gasteiger partial charge in [-0.1, -0.05) is 0 Å². The number of aliphatic hydroxyl groups is 1. The van der Waals surface area contributed by atoms with Gasteiger partial charge in [0.1, 0.15) is 6.23 Å². The molecule has 0 bridgehead atoms. The molecule has 220 valence electrons. The van der Waals surface area contributed by atoms with Gasteiger partial charge in [0, 0.05) is 31.0 Å². The molecule has 1 aliphatic carbocycles. The van der Waals surface area contributed by atoms with Gasteiger partial charge in [-0.2, -0.15) is 23.5 Å². The number of likely N-dealkylation sites (tertiary alicyclic amines) is 1. The lowest BCUT2D eigenvalue weighted by molar-refractivity contribution is -0.215. The molecule has 1 aromatic carbocycles. The number of alkyl halides is 3. The Bertz CT molecular complexity index is 1220. The molecule has 0 radical (unpaired) electrons. The first kappa shape index (κ1) is 30.5. The molecule has 2 aliphatic rings. The zero-order chi connectivity index (χ0) is 29.1. The number of benzene rings is 1. The van der Waals surface area contributed by atoms with Gasteiger partial charge in [0.2, 0.25) is 0 Å². The zero-order valence-corrected chi connectivity index (χ0v) is 23.5. The van der Waals surface area contributed by atoms with Gasteiger partial charge in [-0.3, -0.25) is 14.1 Å². The molecule has 1 saturated heterocycles. The van der Waals surface area contributed by atoms with Crippen LogP contribution in [-0.2, 0) is 19.2 Å². The van der Waals surface area contributed by atoms with Crippen LogP contribution in [-0.4, -0.2) is 58.3 Å². The van der Waals surface area contributed by atoms with E-state index in [1.54, 1.807) is 49.0 Å². The molecule has 4 rings (SSSR count). The van der Waals surface area contributed by atoms with E-state index in [9.17, 15) is 28.1 Å². The standard InChI is InChI=1S/C26H36F3N6O4P/c1-3-38-40(37,39-4-2)21-7-5-19(6-8-21)32-24-22(23(31)36)17-35(33-24)25(13-14-30)11-9-20(10-12-25)34-15-18(16-34)26(27,28)29/h5-8,17-18,20,23,36H,3-4,9-13,15-16,31H2,1-2H3,(H,32,33). The van der Waals surface area contributed by atoms with Gasteiger partial charge in [0.25, 0.3) is 0 Å². The zero-order valence-electron chi connectivity index (χ0n) is 22.6. The molecule has 0 amide bonds. The monoisotopic (exact) mass is 584 g/mol. The summed E-state index contributed by atoms with van der Waals surface area (Å²) < 4.78 is 64.3. The van der Waals surface area contributed by atoms with E-state index in [4.69, 9.17) is 14.8 Å². The second-order valence-corrected chi connectivity index (χ2v) is 12.3. The fourth-order valence-corrected chi connectivity index (χ4v) is 7.06. The Labute approximate surface area is 231 Å². The average Bonchev–Trinajstić information content (AvgIpc) is 3.29. The summed E-state index contributed by atoms with van der Waals surface area (Å²) in [6.45, 7) is 3.95. The first-order valence-electron chi connectivity index (χ1n) is 13.4. The van der Waals surface area contributed by atoms with Gasteiger partial charge in [-0.15, -0.1) is 0 Å². The lowest BCUT2D eigenvalue weighted by Crippen LogP contribution is -2.58. The van der Waals surface area contributed by atoms with E-state index < -0.39 is 31.5 Å². The molecule has 10 nitrogen and oxygen atoms in total. The van der Waals surface area contributed by atoms with E-state index in [-0.39, 0.29) is 38.8 Å². The molecule has 40 heavy (non-hydrogen) atoms. The highest BCUT2D eigenvalue weighted by Crippen LogP contribution is 2.47. The number of hydrogen-bond donors (Lipinski definition) is 3. The van der Waals surface area contributed by atoms with Gasteiger partial charge in [0.15, 0.2) is 5.82 Å². The minimum absolute atomic E-state index is 0.0160. The number of aliphatic hydroxyl groups excluding tert-OH is 1. The Morgan fingerprint density at radius 3 is 2.33 bits per heavy atom. The van der Waals surface area contributed by atoms with Crippen LogP contribution in [0, 0.1) is 17.2 Å². The summed E-state index contributed by atoms with van der Waals surface area (Å²) in [4.78, 5) is 1.87. The van der Waals surface area contributed by atoms with Crippen molar-refractivity contribution in [3.8, 4) is 6.07 Å². The van der Waals surface area contributed by atoms with Crippen LogP contribution in [0.3, 0.4) is 0 Å². The molecule has 1 aliphatic heterocycles. The number of halogens is 3. The summed E-state index contributed by atoms with van der Waals surface area (Å²) >= 11 is 0. The number of hydrogen-bond acceptors (Lipinski definition) is 9.